The molecule has 0 fully saturated rings. The molecule has 0 atom stereocenters. The Labute approximate surface area is 113 Å². The molecule has 0 spiro atoms. The number of aromatic nitrogens is 2. The van der Waals surface area contributed by atoms with Gasteiger partial charge in [-0.05, 0) is 31.4 Å². The SMILES string of the molecule is Cc1nc(N2CCc3ccccc3C2)nc(C)c1N. The fourth-order valence-corrected chi connectivity index (χ4v) is 2.52. The summed E-state index contributed by atoms with van der Waals surface area (Å²) < 4.78 is 0. The minimum Gasteiger partial charge on any atom is -0.396 e. The van der Waals surface area contributed by atoms with Gasteiger partial charge in [-0.25, -0.2) is 9.97 Å². The van der Waals surface area contributed by atoms with Crippen LogP contribution in [0.2, 0.25) is 0 Å². The molecule has 1 aromatic heterocycles. The first-order chi connectivity index (χ1) is 9.15. The van der Waals surface area contributed by atoms with Gasteiger partial charge in [0.25, 0.3) is 0 Å². The number of benzene rings is 1. The fraction of sp³-hybridized carbons (Fsp3) is 0.333. The lowest BCUT2D eigenvalue weighted by molar-refractivity contribution is 0.704. The summed E-state index contributed by atoms with van der Waals surface area (Å²) in [4.78, 5) is 11.3. The predicted octanol–water partition coefficient (Wildman–Crippen LogP) is 2.24. The largest absolute Gasteiger partial charge is 0.396 e. The second kappa shape index (κ2) is 4.53. The van der Waals surface area contributed by atoms with Gasteiger partial charge in [0.15, 0.2) is 0 Å². The van der Waals surface area contributed by atoms with Crippen molar-refractivity contribution in [3.8, 4) is 0 Å². The Bertz CT molecular complexity index is 598. The van der Waals surface area contributed by atoms with E-state index >= 15 is 0 Å². The lowest BCUT2D eigenvalue weighted by atomic mass is 10.0. The molecular formula is C15H18N4. The van der Waals surface area contributed by atoms with Crippen molar-refractivity contribution in [3.63, 3.8) is 0 Å². The second-order valence-corrected chi connectivity index (χ2v) is 5.05. The van der Waals surface area contributed by atoms with Crippen LogP contribution in [0.4, 0.5) is 11.6 Å². The van der Waals surface area contributed by atoms with E-state index in [4.69, 9.17) is 5.73 Å². The minimum atomic E-state index is 0.696. The number of hydrogen-bond acceptors (Lipinski definition) is 4. The average molecular weight is 254 g/mol. The van der Waals surface area contributed by atoms with Crippen molar-refractivity contribution in [3.05, 3.63) is 46.8 Å². The monoisotopic (exact) mass is 254 g/mol. The molecule has 0 unspecified atom stereocenters. The molecule has 0 aliphatic carbocycles. The number of rotatable bonds is 1. The van der Waals surface area contributed by atoms with Crippen LogP contribution in [0.5, 0.6) is 0 Å². The molecule has 2 N–H and O–H groups in total. The third kappa shape index (κ3) is 2.14. The van der Waals surface area contributed by atoms with E-state index in [9.17, 15) is 0 Å². The molecule has 0 bridgehead atoms. The van der Waals surface area contributed by atoms with E-state index in [1.165, 1.54) is 11.1 Å². The molecule has 1 aromatic carbocycles. The first-order valence-corrected chi connectivity index (χ1v) is 6.57. The molecule has 0 amide bonds. The Hall–Kier alpha value is -2.10. The molecular weight excluding hydrogens is 236 g/mol. The summed E-state index contributed by atoms with van der Waals surface area (Å²) in [6.45, 7) is 5.70. The first kappa shape index (κ1) is 12.0. The van der Waals surface area contributed by atoms with Gasteiger partial charge < -0.3 is 10.6 Å². The van der Waals surface area contributed by atoms with E-state index in [2.05, 4.69) is 39.1 Å². The van der Waals surface area contributed by atoms with Crippen molar-refractivity contribution in [1.29, 1.82) is 0 Å². The molecule has 2 aromatic rings. The zero-order valence-corrected chi connectivity index (χ0v) is 11.3. The molecule has 19 heavy (non-hydrogen) atoms. The average Bonchev–Trinajstić information content (AvgIpc) is 2.43. The Kier molecular flexibility index (Phi) is 2.85. The zero-order valence-electron chi connectivity index (χ0n) is 11.3. The maximum absolute atomic E-state index is 5.91. The first-order valence-electron chi connectivity index (χ1n) is 6.57. The van der Waals surface area contributed by atoms with Crippen molar-refractivity contribution in [2.24, 2.45) is 0 Å². The smallest absolute Gasteiger partial charge is 0.226 e. The maximum Gasteiger partial charge on any atom is 0.226 e. The van der Waals surface area contributed by atoms with Crippen LogP contribution in [-0.4, -0.2) is 16.5 Å². The van der Waals surface area contributed by atoms with Gasteiger partial charge in [-0.2, -0.15) is 0 Å². The Morgan fingerprint density at radius 2 is 1.68 bits per heavy atom. The van der Waals surface area contributed by atoms with Crippen LogP contribution >= 0.6 is 0 Å². The second-order valence-electron chi connectivity index (χ2n) is 5.05. The van der Waals surface area contributed by atoms with E-state index in [0.717, 1.165) is 36.8 Å². The van der Waals surface area contributed by atoms with Crippen molar-refractivity contribution >= 4 is 11.6 Å². The molecule has 4 nitrogen and oxygen atoms in total. The summed E-state index contributed by atoms with van der Waals surface area (Å²) in [6.07, 6.45) is 1.04. The standard InChI is InChI=1S/C15H18N4/c1-10-14(16)11(2)18-15(17-10)19-8-7-12-5-3-4-6-13(12)9-19/h3-6H,7-9,16H2,1-2H3. The van der Waals surface area contributed by atoms with E-state index < -0.39 is 0 Å². The Morgan fingerprint density at radius 3 is 2.37 bits per heavy atom. The van der Waals surface area contributed by atoms with Crippen molar-refractivity contribution in [2.75, 3.05) is 17.2 Å². The minimum absolute atomic E-state index is 0.696. The highest BCUT2D eigenvalue weighted by Crippen LogP contribution is 2.23. The summed E-state index contributed by atoms with van der Waals surface area (Å²) in [5, 5.41) is 0. The van der Waals surface area contributed by atoms with E-state index in [1.807, 2.05) is 13.8 Å². The molecule has 1 aliphatic rings. The summed E-state index contributed by atoms with van der Waals surface area (Å²) in [5.41, 5.74) is 11.1. The lowest BCUT2D eigenvalue weighted by Crippen LogP contribution is -2.32. The Morgan fingerprint density at radius 1 is 1.05 bits per heavy atom. The number of aryl methyl sites for hydroxylation is 2. The van der Waals surface area contributed by atoms with E-state index in [0.29, 0.717) is 5.69 Å². The van der Waals surface area contributed by atoms with Crippen LogP contribution in [0.1, 0.15) is 22.5 Å². The third-order valence-corrected chi connectivity index (χ3v) is 3.73. The fourth-order valence-electron chi connectivity index (χ4n) is 2.52. The van der Waals surface area contributed by atoms with Gasteiger partial charge in [0.1, 0.15) is 0 Å². The zero-order chi connectivity index (χ0) is 13.4. The molecule has 4 heteroatoms. The molecule has 3 rings (SSSR count). The van der Waals surface area contributed by atoms with Crippen molar-refractivity contribution in [1.82, 2.24) is 9.97 Å². The maximum atomic E-state index is 5.91. The van der Waals surface area contributed by atoms with Gasteiger partial charge in [0.2, 0.25) is 5.95 Å². The summed E-state index contributed by atoms with van der Waals surface area (Å²) in [6, 6.07) is 8.57. The molecule has 1 aliphatic heterocycles. The summed E-state index contributed by atoms with van der Waals surface area (Å²) in [7, 11) is 0. The number of nitrogens with two attached hydrogens (primary N) is 1. The van der Waals surface area contributed by atoms with Crippen LogP contribution in [0.15, 0.2) is 24.3 Å². The van der Waals surface area contributed by atoms with Gasteiger partial charge >= 0.3 is 0 Å². The van der Waals surface area contributed by atoms with Crippen LogP contribution in [0.25, 0.3) is 0 Å². The molecule has 0 saturated carbocycles. The van der Waals surface area contributed by atoms with Crippen molar-refractivity contribution in [2.45, 2.75) is 26.8 Å². The quantitative estimate of drug-likeness (QED) is 0.848. The predicted molar refractivity (Wildman–Crippen MR) is 77.1 cm³/mol. The molecule has 0 saturated heterocycles. The number of nitrogens with zero attached hydrogens (tertiary/aromatic N) is 3. The number of hydrogen-bond donors (Lipinski definition) is 1. The highest BCUT2D eigenvalue weighted by atomic mass is 15.3. The van der Waals surface area contributed by atoms with Crippen LogP contribution < -0.4 is 10.6 Å². The summed E-state index contributed by atoms with van der Waals surface area (Å²) in [5.74, 6) is 0.790. The summed E-state index contributed by atoms with van der Waals surface area (Å²) >= 11 is 0. The lowest BCUT2D eigenvalue weighted by Gasteiger charge is -2.29. The topological polar surface area (TPSA) is 55.0 Å². The van der Waals surface area contributed by atoms with Gasteiger partial charge in [-0.3, -0.25) is 0 Å². The molecule has 0 radical (unpaired) electrons. The molecule has 2 heterocycles. The number of fused-ring (bicyclic) bond motifs is 1. The van der Waals surface area contributed by atoms with Gasteiger partial charge in [0.05, 0.1) is 17.1 Å². The van der Waals surface area contributed by atoms with Crippen LogP contribution in [0, 0.1) is 13.8 Å². The highest BCUT2D eigenvalue weighted by molar-refractivity contribution is 5.51. The third-order valence-electron chi connectivity index (χ3n) is 3.73. The van der Waals surface area contributed by atoms with Crippen LogP contribution in [-0.2, 0) is 13.0 Å². The number of anilines is 2. The Balaban J connectivity index is 1.93. The number of nitrogen functional groups attached to an aromatic ring is 1. The van der Waals surface area contributed by atoms with Gasteiger partial charge in [-0.15, -0.1) is 0 Å². The van der Waals surface area contributed by atoms with Gasteiger partial charge in [-0.1, -0.05) is 24.3 Å². The van der Waals surface area contributed by atoms with E-state index in [-0.39, 0.29) is 0 Å². The van der Waals surface area contributed by atoms with Crippen LogP contribution in [0.3, 0.4) is 0 Å². The van der Waals surface area contributed by atoms with E-state index in [1.54, 1.807) is 0 Å². The van der Waals surface area contributed by atoms with Gasteiger partial charge in [0, 0.05) is 13.1 Å². The highest BCUT2D eigenvalue weighted by Gasteiger charge is 2.19. The van der Waals surface area contributed by atoms with Crippen molar-refractivity contribution < 1.29 is 0 Å². The normalized spacial score (nSPS) is 14.3. The molecule has 98 valence electrons.